The smallest absolute Gasteiger partial charge is 0.236 e. The highest BCUT2D eigenvalue weighted by atomic mass is 16.2. The summed E-state index contributed by atoms with van der Waals surface area (Å²) in [5.41, 5.74) is 0. The van der Waals surface area contributed by atoms with Crippen molar-refractivity contribution < 1.29 is 4.79 Å². The second-order valence-electron chi connectivity index (χ2n) is 5.87. The van der Waals surface area contributed by atoms with E-state index in [1.54, 1.807) is 0 Å². The van der Waals surface area contributed by atoms with Crippen molar-refractivity contribution in [2.24, 2.45) is 5.92 Å². The predicted octanol–water partition coefficient (Wildman–Crippen LogP) is 0.929. The minimum atomic E-state index is 0.338. The van der Waals surface area contributed by atoms with Crippen LogP contribution in [0.5, 0.6) is 0 Å². The van der Waals surface area contributed by atoms with E-state index in [1.807, 2.05) is 7.05 Å². The average Bonchev–Trinajstić information content (AvgIpc) is 2.76. The van der Waals surface area contributed by atoms with Crippen LogP contribution in [0.15, 0.2) is 0 Å². The number of piperidine rings is 1. The zero-order valence-corrected chi connectivity index (χ0v) is 11.8. The number of likely N-dealkylation sites (tertiary alicyclic amines) is 2. The van der Waals surface area contributed by atoms with Crippen LogP contribution in [0.3, 0.4) is 0 Å². The molecule has 1 N–H and O–H groups in total. The van der Waals surface area contributed by atoms with Crippen molar-refractivity contribution in [2.45, 2.75) is 38.6 Å². The summed E-state index contributed by atoms with van der Waals surface area (Å²) >= 11 is 0. The highest BCUT2D eigenvalue weighted by Gasteiger charge is 2.27. The quantitative estimate of drug-likeness (QED) is 0.809. The molecule has 0 radical (unpaired) electrons. The summed E-state index contributed by atoms with van der Waals surface area (Å²) in [6.07, 6.45) is 4.91. The number of amides is 1. The van der Waals surface area contributed by atoms with Crippen LogP contribution >= 0.6 is 0 Å². The van der Waals surface area contributed by atoms with E-state index in [1.165, 1.54) is 19.3 Å². The summed E-state index contributed by atoms with van der Waals surface area (Å²) in [7, 11) is 1.99. The molecule has 2 aliphatic rings. The fourth-order valence-electron chi connectivity index (χ4n) is 3.25. The average molecular weight is 253 g/mol. The van der Waals surface area contributed by atoms with Crippen molar-refractivity contribution in [3.63, 3.8) is 0 Å². The molecule has 2 rings (SSSR count). The first-order valence-corrected chi connectivity index (χ1v) is 7.37. The van der Waals surface area contributed by atoms with E-state index in [0.717, 1.165) is 32.6 Å². The van der Waals surface area contributed by atoms with Crippen LogP contribution in [0.2, 0.25) is 0 Å². The summed E-state index contributed by atoms with van der Waals surface area (Å²) in [5.74, 6) is 0.980. The molecule has 0 aliphatic carbocycles. The topological polar surface area (TPSA) is 35.6 Å². The maximum Gasteiger partial charge on any atom is 0.236 e. The van der Waals surface area contributed by atoms with Gasteiger partial charge in [-0.05, 0) is 58.7 Å². The summed E-state index contributed by atoms with van der Waals surface area (Å²) in [6, 6.07) is 0.590. The fourth-order valence-corrected chi connectivity index (χ4v) is 3.25. The molecule has 18 heavy (non-hydrogen) atoms. The lowest BCUT2D eigenvalue weighted by atomic mass is 9.98. The Hall–Kier alpha value is -0.610. The third-order valence-electron chi connectivity index (χ3n) is 4.39. The van der Waals surface area contributed by atoms with Gasteiger partial charge < -0.3 is 10.2 Å². The normalized spacial score (nSPS) is 29.8. The lowest BCUT2D eigenvalue weighted by Crippen LogP contribution is -2.47. The van der Waals surface area contributed by atoms with Crippen molar-refractivity contribution in [2.75, 3.05) is 39.8 Å². The van der Waals surface area contributed by atoms with E-state index in [9.17, 15) is 4.79 Å². The largest absolute Gasteiger partial charge is 0.341 e. The standard InChI is InChI=1S/C14H27N3O/c1-12-5-3-7-16(12)11-14(18)17-8-4-6-13(10-17)9-15-2/h12-13,15H,3-11H2,1-2H3/t12-,13+/m1/s1. The Bertz CT molecular complexity index is 280. The van der Waals surface area contributed by atoms with Crippen LogP contribution < -0.4 is 5.32 Å². The number of carbonyl (C=O) groups is 1. The first-order chi connectivity index (χ1) is 8.70. The van der Waals surface area contributed by atoms with Crippen LogP contribution in [0.25, 0.3) is 0 Å². The van der Waals surface area contributed by atoms with Crippen LogP contribution in [0.4, 0.5) is 0 Å². The van der Waals surface area contributed by atoms with E-state index < -0.39 is 0 Å². The minimum absolute atomic E-state index is 0.338. The van der Waals surface area contributed by atoms with Gasteiger partial charge in [-0.1, -0.05) is 0 Å². The van der Waals surface area contributed by atoms with E-state index in [-0.39, 0.29) is 0 Å². The SMILES string of the molecule is CNC[C@@H]1CCCN(C(=O)CN2CCC[C@H]2C)C1. The molecule has 104 valence electrons. The zero-order valence-electron chi connectivity index (χ0n) is 11.8. The van der Waals surface area contributed by atoms with Crippen LogP contribution in [0, 0.1) is 5.92 Å². The van der Waals surface area contributed by atoms with Gasteiger partial charge in [-0.2, -0.15) is 0 Å². The summed E-state index contributed by atoms with van der Waals surface area (Å²) < 4.78 is 0. The van der Waals surface area contributed by atoms with E-state index in [2.05, 4.69) is 22.0 Å². The summed E-state index contributed by atoms with van der Waals surface area (Å²) in [6.45, 7) is 6.90. The predicted molar refractivity (Wildman–Crippen MR) is 73.5 cm³/mol. The van der Waals surface area contributed by atoms with Crippen molar-refractivity contribution in [1.82, 2.24) is 15.1 Å². The molecule has 2 aliphatic heterocycles. The molecule has 0 bridgehead atoms. The number of rotatable bonds is 4. The maximum atomic E-state index is 12.3. The van der Waals surface area contributed by atoms with Gasteiger partial charge in [-0.15, -0.1) is 0 Å². The number of nitrogens with one attached hydrogen (secondary N) is 1. The second kappa shape index (κ2) is 6.53. The van der Waals surface area contributed by atoms with Crippen LogP contribution in [0.1, 0.15) is 32.6 Å². The Morgan fingerprint density at radius 2 is 2.06 bits per heavy atom. The molecule has 2 heterocycles. The molecule has 4 nitrogen and oxygen atoms in total. The van der Waals surface area contributed by atoms with Crippen molar-refractivity contribution in [3.05, 3.63) is 0 Å². The van der Waals surface area contributed by atoms with Gasteiger partial charge in [0, 0.05) is 19.1 Å². The summed E-state index contributed by atoms with van der Waals surface area (Å²) in [5, 5.41) is 3.23. The van der Waals surface area contributed by atoms with Gasteiger partial charge in [0.2, 0.25) is 5.91 Å². The molecule has 0 spiro atoms. The molecule has 0 unspecified atom stereocenters. The first-order valence-electron chi connectivity index (χ1n) is 7.37. The van der Waals surface area contributed by atoms with Gasteiger partial charge in [-0.25, -0.2) is 0 Å². The van der Waals surface area contributed by atoms with Gasteiger partial charge in [0.25, 0.3) is 0 Å². The number of nitrogens with zero attached hydrogens (tertiary/aromatic N) is 2. The van der Waals surface area contributed by atoms with Gasteiger partial charge in [0.05, 0.1) is 6.54 Å². The molecule has 2 fully saturated rings. The third kappa shape index (κ3) is 3.45. The molecule has 0 aromatic rings. The third-order valence-corrected chi connectivity index (χ3v) is 4.39. The number of carbonyl (C=O) groups excluding carboxylic acids is 1. The van der Waals surface area contributed by atoms with Gasteiger partial charge in [0.1, 0.15) is 0 Å². The van der Waals surface area contributed by atoms with Crippen molar-refractivity contribution in [3.8, 4) is 0 Å². The number of hydrogen-bond acceptors (Lipinski definition) is 3. The van der Waals surface area contributed by atoms with E-state index in [0.29, 0.717) is 24.4 Å². The molecular formula is C14H27N3O. The summed E-state index contributed by atoms with van der Waals surface area (Å²) in [4.78, 5) is 16.7. The highest BCUT2D eigenvalue weighted by molar-refractivity contribution is 5.78. The molecule has 1 amide bonds. The van der Waals surface area contributed by atoms with Crippen LogP contribution in [-0.2, 0) is 4.79 Å². The molecular weight excluding hydrogens is 226 g/mol. The second-order valence-corrected chi connectivity index (χ2v) is 5.87. The molecule has 0 aromatic heterocycles. The van der Waals surface area contributed by atoms with E-state index >= 15 is 0 Å². The number of hydrogen-bond donors (Lipinski definition) is 1. The fraction of sp³-hybridized carbons (Fsp3) is 0.929. The van der Waals surface area contributed by atoms with Crippen molar-refractivity contribution in [1.29, 1.82) is 0 Å². The Morgan fingerprint density at radius 1 is 1.28 bits per heavy atom. The van der Waals surface area contributed by atoms with E-state index in [4.69, 9.17) is 0 Å². The molecule has 2 atom stereocenters. The van der Waals surface area contributed by atoms with Crippen LogP contribution in [-0.4, -0.2) is 61.5 Å². The van der Waals surface area contributed by atoms with Gasteiger partial charge in [0.15, 0.2) is 0 Å². The highest BCUT2D eigenvalue weighted by Crippen LogP contribution is 2.19. The minimum Gasteiger partial charge on any atom is -0.341 e. The van der Waals surface area contributed by atoms with Gasteiger partial charge >= 0.3 is 0 Å². The molecule has 2 saturated heterocycles. The van der Waals surface area contributed by atoms with Crippen molar-refractivity contribution >= 4 is 5.91 Å². The monoisotopic (exact) mass is 253 g/mol. The Balaban J connectivity index is 1.80. The zero-order chi connectivity index (χ0) is 13.0. The maximum absolute atomic E-state index is 12.3. The van der Waals surface area contributed by atoms with Gasteiger partial charge in [-0.3, -0.25) is 9.69 Å². The first kappa shape index (κ1) is 13.8. The Morgan fingerprint density at radius 3 is 2.72 bits per heavy atom. The Labute approximate surface area is 111 Å². The molecule has 0 saturated carbocycles. The lowest BCUT2D eigenvalue weighted by molar-refractivity contribution is -0.134. The lowest BCUT2D eigenvalue weighted by Gasteiger charge is -2.34. The molecule has 4 heteroatoms. The molecule has 0 aromatic carbocycles. The Kier molecular flexibility index (Phi) is 5.01.